The molecule has 0 unspecified atom stereocenters. The maximum absolute atomic E-state index is 12.2. The van der Waals surface area contributed by atoms with Crippen LogP contribution >= 0.6 is 11.6 Å². The lowest BCUT2D eigenvalue weighted by atomic mass is 10.1. The zero-order chi connectivity index (χ0) is 16.7. The Hall–Kier alpha value is -2.33. The standard InChI is InChI=1S/C18H17ClO4/c1-2-22-17(20)15-5-3-4-6-16(15)18(21)23-12-11-13-7-9-14(19)10-8-13/h3-10H,2,11-12H2,1H3. The highest BCUT2D eigenvalue weighted by molar-refractivity contribution is 6.30. The molecule has 0 fully saturated rings. The Labute approximate surface area is 140 Å². The molecule has 2 aromatic rings. The fourth-order valence-electron chi connectivity index (χ4n) is 2.04. The Morgan fingerprint density at radius 1 is 0.913 bits per heavy atom. The first-order valence-corrected chi connectivity index (χ1v) is 7.67. The maximum Gasteiger partial charge on any atom is 0.339 e. The van der Waals surface area contributed by atoms with E-state index >= 15 is 0 Å². The van der Waals surface area contributed by atoms with E-state index < -0.39 is 11.9 Å². The number of halogens is 1. The molecule has 0 saturated carbocycles. The van der Waals surface area contributed by atoms with Gasteiger partial charge in [-0.15, -0.1) is 0 Å². The second kappa shape index (κ2) is 8.34. The van der Waals surface area contributed by atoms with Gasteiger partial charge < -0.3 is 9.47 Å². The lowest BCUT2D eigenvalue weighted by Gasteiger charge is -2.09. The highest BCUT2D eigenvalue weighted by atomic mass is 35.5. The quantitative estimate of drug-likeness (QED) is 0.752. The molecule has 0 aromatic heterocycles. The zero-order valence-electron chi connectivity index (χ0n) is 12.8. The van der Waals surface area contributed by atoms with Crippen molar-refractivity contribution in [1.82, 2.24) is 0 Å². The largest absolute Gasteiger partial charge is 0.462 e. The van der Waals surface area contributed by atoms with E-state index in [4.69, 9.17) is 21.1 Å². The number of carbonyl (C=O) groups is 2. The molecule has 2 rings (SSSR count). The molecular weight excluding hydrogens is 316 g/mol. The number of benzene rings is 2. The summed E-state index contributed by atoms with van der Waals surface area (Å²) < 4.78 is 10.2. The smallest absolute Gasteiger partial charge is 0.339 e. The molecule has 0 amide bonds. The van der Waals surface area contributed by atoms with Gasteiger partial charge in [0.05, 0.1) is 24.3 Å². The Bertz CT molecular complexity index is 680. The van der Waals surface area contributed by atoms with E-state index in [1.165, 1.54) is 0 Å². The van der Waals surface area contributed by atoms with Crippen molar-refractivity contribution in [2.24, 2.45) is 0 Å². The molecule has 120 valence electrons. The van der Waals surface area contributed by atoms with E-state index in [0.29, 0.717) is 11.4 Å². The van der Waals surface area contributed by atoms with Gasteiger partial charge in [0, 0.05) is 11.4 Å². The molecule has 0 N–H and O–H groups in total. The van der Waals surface area contributed by atoms with E-state index in [1.54, 1.807) is 43.3 Å². The van der Waals surface area contributed by atoms with Crippen LogP contribution in [0.1, 0.15) is 33.2 Å². The number of carbonyl (C=O) groups excluding carboxylic acids is 2. The highest BCUT2D eigenvalue weighted by Crippen LogP contribution is 2.13. The first kappa shape index (κ1) is 17.0. The number of ether oxygens (including phenoxy) is 2. The molecule has 0 radical (unpaired) electrons. The Kier molecular flexibility index (Phi) is 6.18. The summed E-state index contributed by atoms with van der Waals surface area (Å²) in [6, 6.07) is 13.8. The molecular formula is C18H17ClO4. The summed E-state index contributed by atoms with van der Waals surface area (Å²) in [5.74, 6) is -1.07. The predicted octanol–water partition coefficient (Wildman–Crippen LogP) is 3.92. The van der Waals surface area contributed by atoms with Gasteiger partial charge in [-0.05, 0) is 36.8 Å². The van der Waals surface area contributed by atoms with Crippen LogP contribution in [0.25, 0.3) is 0 Å². The van der Waals surface area contributed by atoms with Crippen LogP contribution in [0.3, 0.4) is 0 Å². The fraction of sp³-hybridized carbons (Fsp3) is 0.222. The van der Waals surface area contributed by atoms with Crippen LogP contribution in [0.2, 0.25) is 5.02 Å². The van der Waals surface area contributed by atoms with Crippen molar-refractivity contribution in [2.45, 2.75) is 13.3 Å². The maximum atomic E-state index is 12.2. The normalized spacial score (nSPS) is 10.2. The summed E-state index contributed by atoms with van der Waals surface area (Å²) in [7, 11) is 0. The van der Waals surface area contributed by atoms with Gasteiger partial charge in [-0.3, -0.25) is 0 Å². The molecule has 0 aliphatic carbocycles. The van der Waals surface area contributed by atoms with Crippen LogP contribution in [0.15, 0.2) is 48.5 Å². The van der Waals surface area contributed by atoms with Crippen LogP contribution in [0.4, 0.5) is 0 Å². The van der Waals surface area contributed by atoms with E-state index in [2.05, 4.69) is 0 Å². The number of hydrogen-bond donors (Lipinski definition) is 0. The van der Waals surface area contributed by atoms with E-state index in [1.807, 2.05) is 12.1 Å². The second-order valence-corrected chi connectivity index (χ2v) is 5.21. The minimum atomic E-state index is -0.539. The Morgan fingerprint density at radius 2 is 1.48 bits per heavy atom. The van der Waals surface area contributed by atoms with Crippen molar-refractivity contribution in [3.8, 4) is 0 Å². The van der Waals surface area contributed by atoms with Gasteiger partial charge in [0.2, 0.25) is 0 Å². The van der Waals surface area contributed by atoms with E-state index in [9.17, 15) is 9.59 Å². The minimum absolute atomic E-state index is 0.210. The predicted molar refractivity (Wildman–Crippen MR) is 87.8 cm³/mol. The first-order chi connectivity index (χ1) is 11.1. The van der Waals surface area contributed by atoms with Gasteiger partial charge in [-0.2, -0.15) is 0 Å². The van der Waals surface area contributed by atoms with Crippen LogP contribution in [-0.2, 0) is 15.9 Å². The third kappa shape index (κ3) is 4.83. The van der Waals surface area contributed by atoms with Crippen molar-refractivity contribution >= 4 is 23.5 Å². The van der Waals surface area contributed by atoms with Crippen molar-refractivity contribution < 1.29 is 19.1 Å². The van der Waals surface area contributed by atoms with Crippen LogP contribution < -0.4 is 0 Å². The lowest BCUT2D eigenvalue weighted by molar-refractivity contribution is 0.0469. The van der Waals surface area contributed by atoms with Gasteiger partial charge in [0.1, 0.15) is 0 Å². The molecule has 4 nitrogen and oxygen atoms in total. The monoisotopic (exact) mass is 332 g/mol. The number of hydrogen-bond acceptors (Lipinski definition) is 4. The van der Waals surface area contributed by atoms with E-state index in [-0.39, 0.29) is 24.3 Å². The second-order valence-electron chi connectivity index (χ2n) is 4.78. The molecule has 0 aliphatic rings. The minimum Gasteiger partial charge on any atom is -0.462 e. The molecule has 23 heavy (non-hydrogen) atoms. The summed E-state index contributed by atoms with van der Waals surface area (Å²) in [4.78, 5) is 24.0. The average Bonchev–Trinajstić information content (AvgIpc) is 2.57. The molecule has 0 saturated heterocycles. The summed E-state index contributed by atoms with van der Waals surface area (Å²) in [6.07, 6.45) is 0.574. The zero-order valence-corrected chi connectivity index (χ0v) is 13.5. The van der Waals surface area contributed by atoms with Crippen molar-refractivity contribution in [1.29, 1.82) is 0 Å². The molecule has 0 bridgehead atoms. The Balaban J connectivity index is 1.98. The lowest BCUT2D eigenvalue weighted by Crippen LogP contribution is -2.15. The van der Waals surface area contributed by atoms with Crippen LogP contribution in [0.5, 0.6) is 0 Å². The van der Waals surface area contributed by atoms with Crippen molar-refractivity contribution in [2.75, 3.05) is 13.2 Å². The third-order valence-electron chi connectivity index (χ3n) is 3.18. The fourth-order valence-corrected chi connectivity index (χ4v) is 2.16. The molecule has 0 heterocycles. The van der Waals surface area contributed by atoms with Gasteiger partial charge in [-0.1, -0.05) is 35.9 Å². The van der Waals surface area contributed by atoms with Gasteiger partial charge in [0.15, 0.2) is 0 Å². The molecule has 0 atom stereocenters. The van der Waals surface area contributed by atoms with E-state index in [0.717, 1.165) is 5.56 Å². The molecule has 0 spiro atoms. The molecule has 2 aromatic carbocycles. The topological polar surface area (TPSA) is 52.6 Å². The van der Waals surface area contributed by atoms with Crippen LogP contribution in [0, 0.1) is 0 Å². The van der Waals surface area contributed by atoms with Gasteiger partial charge >= 0.3 is 11.9 Å². The number of rotatable bonds is 6. The summed E-state index contributed by atoms with van der Waals surface area (Å²) >= 11 is 5.82. The van der Waals surface area contributed by atoms with Gasteiger partial charge in [-0.25, -0.2) is 9.59 Å². The Morgan fingerprint density at radius 3 is 2.04 bits per heavy atom. The molecule has 0 aliphatic heterocycles. The van der Waals surface area contributed by atoms with Gasteiger partial charge in [0.25, 0.3) is 0 Å². The van der Waals surface area contributed by atoms with Crippen LogP contribution in [-0.4, -0.2) is 25.2 Å². The molecule has 5 heteroatoms. The number of esters is 2. The van der Waals surface area contributed by atoms with Crippen molar-refractivity contribution in [3.63, 3.8) is 0 Å². The summed E-state index contributed by atoms with van der Waals surface area (Å²) in [5, 5.41) is 0.661. The summed E-state index contributed by atoms with van der Waals surface area (Å²) in [6.45, 7) is 2.18. The first-order valence-electron chi connectivity index (χ1n) is 7.29. The summed E-state index contributed by atoms with van der Waals surface area (Å²) in [5.41, 5.74) is 1.44. The van der Waals surface area contributed by atoms with Crippen molar-refractivity contribution in [3.05, 3.63) is 70.2 Å². The average molecular weight is 333 g/mol. The third-order valence-corrected chi connectivity index (χ3v) is 3.43. The SMILES string of the molecule is CCOC(=O)c1ccccc1C(=O)OCCc1ccc(Cl)cc1. The highest BCUT2D eigenvalue weighted by Gasteiger charge is 2.18.